The molecule has 0 spiro atoms. The molecule has 138 valence electrons. The van der Waals surface area contributed by atoms with E-state index in [9.17, 15) is 9.59 Å². The van der Waals surface area contributed by atoms with Crippen LogP contribution in [0.4, 0.5) is 10.5 Å². The van der Waals surface area contributed by atoms with Crippen LogP contribution in [-0.4, -0.2) is 37.6 Å². The number of hydrogen-bond acceptors (Lipinski definition) is 3. The summed E-state index contributed by atoms with van der Waals surface area (Å²) in [5, 5.41) is 11.6. The van der Waals surface area contributed by atoms with Crippen molar-refractivity contribution in [3.05, 3.63) is 29.8 Å². The highest BCUT2D eigenvalue weighted by atomic mass is 16.2. The van der Waals surface area contributed by atoms with Gasteiger partial charge in [-0.3, -0.25) is 4.79 Å². The third kappa shape index (κ3) is 8.03. The lowest BCUT2D eigenvalue weighted by molar-refractivity contribution is -0.120. The molecule has 1 aromatic carbocycles. The van der Waals surface area contributed by atoms with Crippen LogP contribution in [0.5, 0.6) is 0 Å². The van der Waals surface area contributed by atoms with Crippen LogP contribution in [0, 0.1) is 6.92 Å². The molecular weight excluding hydrogens is 316 g/mol. The van der Waals surface area contributed by atoms with Crippen molar-refractivity contribution in [2.45, 2.75) is 51.5 Å². The predicted molar refractivity (Wildman–Crippen MR) is 101 cm³/mol. The normalized spacial score (nSPS) is 15.2. The zero-order valence-corrected chi connectivity index (χ0v) is 15.1. The summed E-state index contributed by atoms with van der Waals surface area (Å²) in [6.07, 6.45) is 7.73. The van der Waals surface area contributed by atoms with Crippen LogP contribution < -0.4 is 21.3 Å². The highest BCUT2D eigenvalue weighted by Gasteiger charge is 2.11. The Morgan fingerprint density at radius 3 is 2.52 bits per heavy atom. The van der Waals surface area contributed by atoms with Crippen molar-refractivity contribution in [2.24, 2.45) is 0 Å². The molecule has 0 atom stereocenters. The molecule has 0 heterocycles. The third-order valence-corrected chi connectivity index (χ3v) is 4.42. The fourth-order valence-corrected chi connectivity index (χ4v) is 3.08. The first-order valence-electron chi connectivity index (χ1n) is 9.25. The molecular formula is C19H30N4O2. The predicted octanol–water partition coefficient (Wildman–Crippen LogP) is 2.55. The topological polar surface area (TPSA) is 82.3 Å². The standard InChI is InChI=1S/C19H30N4O2/c1-15-7-6-10-17(13-15)23-19(25)22-14-18(24)21-12-11-20-16-8-4-2-3-5-9-16/h6-7,10,13,16,20H,2-5,8-9,11-12,14H2,1H3,(H,21,24)(H2,22,23,25). The van der Waals surface area contributed by atoms with E-state index < -0.39 is 0 Å². The van der Waals surface area contributed by atoms with Crippen molar-refractivity contribution < 1.29 is 9.59 Å². The fraction of sp³-hybridized carbons (Fsp3) is 0.579. The van der Waals surface area contributed by atoms with Gasteiger partial charge in [0, 0.05) is 24.8 Å². The van der Waals surface area contributed by atoms with Gasteiger partial charge >= 0.3 is 6.03 Å². The Morgan fingerprint density at radius 1 is 1.04 bits per heavy atom. The summed E-state index contributed by atoms with van der Waals surface area (Å²) < 4.78 is 0. The highest BCUT2D eigenvalue weighted by molar-refractivity contribution is 5.92. The van der Waals surface area contributed by atoms with Crippen molar-refractivity contribution in [2.75, 3.05) is 25.0 Å². The minimum absolute atomic E-state index is 0.0267. The first kappa shape index (κ1) is 19.2. The number of nitrogens with one attached hydrogen (secondary N) is 4. The van der Waals surface area contributed by atoms with E-state index in [1.54, 1.807) is 0 Å². The molecule has 0 aromatic heterocycles. The number of hydrogen-bond donors (Lipinski definition) is 4. The molecule has 0 saturated heterocycles. The smallest absolute Gasteiger partial charge is 0.319 e. The number of amides is 3. The van der Waals surface area contributed by atoms with Crippen LogP contribution in [0.3, 0.4) is 0 Å². The Morgan fingerprint density at radius 2 is 1.80 bits per heavy atom. The van der Waals surface area contributed by atoms with E-state index in [0.717, 1.165) is 12.1 Å². The molecule has 3 amide bonds. The summed E-state index contributed by atoms with van der Waals surface area (Å²) in [5.74, 6) is -0.179. The number of carbonyl (C=O) groups is 2. The van der Waals surface area contributed by atoms with Gasteiger partial charge in [0.1, 0.15) is 0 Å². The largest absolute Gasteiger partial charge is 0.353 e. The van der Waals surface area contributed by atoms with Crippen LogP contribution in [0.25, 0.3) is 0 Å². The maximum Gasteiger partial charge on any atom is 0.319 e. The van der Waals surface area contributed by atoms with E-state index in [2.05, 4.69) is 21.3 Å². The van der Waals surface area contributed by atoms with Crippen molar-refractivity contribution in [3.8, 4) is 0 Å². The number of urea groups is 1. The molecule has 1 aliphatic carbocycles. The van der Waals surface area contributed by atoms with Crippen molar-refractivity contribution in [1.29, 1.82) is 0 Å². The number of benzene rings is 1. The van der Waals surface area contributed by atoms with Gasteiger partial charge in [0.25, 0.3) is 0 Å². The molecule has 0 radical (unpaired) electrons. The summed E-state index contributed by atoms with van der Waals surface area (Å²) in [7, 11) is 0. The molecule has 6 heteroatoms. The minimum Gasteiger partial charge on any atom is -0.353 e. The Kier molecular flexibility index (Phi) is 8.25. The lowest BCUT2D eigenvalue weighted by Gasteiger charge is -2.16. The van der Waals surface area contributed by atoms with E-state index in [4.69, 9.17) is 0 Å². The maximum absolute atomic E-state index is 11.8. The van der Waals surface area contributed by atoms with Gasteiger partial charge in [0.05, 0.1) is 6.54 Å². The summed E-state index contributed by atoms with van der Waals surface area (Å²) in [6, 6.07) is 7.72. The molecule has 1 fully saturated rings. The summed E-state index contributed by atoms with van der Waals surface area (Å²) in [6.45, 7) is 3.28. The van der Waals surface area contributed by atoms with Gasteiger partial charge in [0.15, 0.2) is 0 Å². The second kappa shape index (κ2) is 10.7. The van der Waals surface area contributed by atoms with Crippen LogP contribution in [0.15, 0.2) is 24.3 Å². The number of rotatable bonds is 7. The third-order valence-electron chi connectivity index (χ3n) is 4.42. The van der Waals surface area contributed by atoms with Crippen LogP contribution >= 0.6 is 0 Å². The van der Waals surface area contributed by atoms with Gasteiger partial charge in [-0.25, -0.2) is 4.79 Å². The SMILES string of the molecule is Cc1cccc(NC(=O)NCC(=O)NCCNC2CCCCCC2)c1. The second-order valence-corrected chi connectivity index (χ2v) is 6.67. The van der Waals surface area contributed by atoms with Gasteiger partial charge in [0.2, 0.25) is 5.91 Å². The average molecular weight is 346 g/mol. The molecule has 1 aromatic rings. The van der Waals surface area contributed by atoms with E-state index in [-0.39, 0.29) is 18.5 Å². The van der Waals surface area contributed by atoms with Gasteiger partial charge in [-0.1, -0.05) is 37.8 Å². The van der Waals surface area contributed by atoms with E-state index in [1.807, 2.05) is 31.2 Å². The van der Waals surface area contributed by atoms with E-state index in [0.29, 0.717) is 18.3 Å². The first-order chi connectivity index (χ1) is 12.1. The number of anilines is 1. The lowest BCUT2D eigenvalue weighted by Crippen LogP contribution is -2.42. The first-order valence-corrected chi connectivity index (χ1v) is 9.25. The van der Waals surface area contributed by atoms with Gasteiger partial charge in [-0.2, -0.15) is 0 Å². The summed E-state index contributed by atoms with van der Waals surface area (Å²) >= 11 is 0. The van der Waals surface area contributed by atoms with Crippen molar-refractivity contribution in [1.82, 2.24) is 16.0 Å². The molecule has 25 heavy (non-hydrogen) atoms. The number of aryl methyl sites for hydroxylation is 1. The molecule has 0 aliphatic heterocycles. The zero-order valence-electron chi connectivity index (χ0n) is 15.1. The zero-order chi connectivity index (χ0) is 17.9. The van der Waals surface area contributed by atoms with Crippen LogP contribution in [0.2, 0.25) is 0 Å². The van der Waals surface area contributed by atoms with Gasteiger partial charge < -0.3 is 21.3 Å². The van der Waals surface area contributed by atoms with E-state index >= 15 is 0 Å². The van der Waals surface area contributed by atoms with Crippen LogP contribution in [-0.2, 0) is 4.79 Å². The average Bonchev–Trinajstić information content (AvgIpc) is 2.86. The summed E-state index contributed by atoms with van der Waals surface area (Å²) in [4.78, 5) is 23.6. The molecule has 1 aliphatic rings. The molecule has 0 bridgehead atoms. The minimum atomic E-state index is -0.377. The molecule has 2 rings (SSSR count). The number of carbonyl (C=O) groups excluding carboxylic acids is 2. The molecule has 4 N–H and O–H groups in total. The molecule has 6 nitrogen and oxygen atoms in total. The Labute approximate surface area is 150 Å². The molecule has 1 saturated carbocycles. The quantitative estimate of drug-likeness (QED) is 0.452. The second-order valence-electron chi connectivity index (χ2n) is 6.67. The highest BCUT2D eigenvalue weighted by Crippen LogP contribution is 2.16. The summed E-state index contributed by atoms with van der Waals surface area (Å²) in [5.41, 5.74) is 1.78. The fourth-order valence-electron chi connectivity index (χ4n) is 3.08. The Balaban J connectivity index is 1.55. The lowest BCUT2D eigenvalue weighted by atomic mass is 10.1. The van der Waals surface area contributed by atoms with E-state index in [1.165, 1.54) is 38.5 Å². The van der Waals surface area contributed by atoms with Crippen molar-refractivity contribution >= 4 is 17.6 Å². The Hall–Kier alpha value is -2.08. The van der Waals surface area contributed by atoms with Crippen molar-refractivity contribution in [3.63, 3.8) is 0 Å². The maximum atomic E-state index is 11.8. The monoisotopic (exact) mass is 346 g/mol. The van der Waals surface area contributed by atoms with Gasteiger partial charge in [-0.05, 0) is 37.5 Å². The Bertz CT molecular complexity index is 554. The molecule has 0 unspecified atom stereocenters. The van der Waals surface area contributed by atoms with Crippen LogP contribution in [0.1, 0.15) is 44.1 Å². The van der Waals surface area contributed by atoms with Gasteiger partial charge in [-0.15, -0.1) is 0 Å².